The lowest BCUT2D eigenvalue weighted by atomic mass is 9.93. The molecule has 2 atom stereocenters. The van der Waals surface area contributed by atoms with Crippen LogP contribution in [0.3, 0.4) is 0 Å². The van der Waals surface area contributed by atoms with Crippen LogP contribution in [0, 0.1) is 0 Å². The summed E-state index contributed by atoms with van der Waals surface area (Å²) in [4.78, 5) is 27.2. The van der Waals surface area contributed by atoms with E-state index in [9.17, 15) is 9.59 Å². The molecule has 2 fully saturated rings. The average Bonchev–Trinajstić information content (AvgIpc) is 3.34. The summed E-state index contributed by atoms with van der Waals surface area (Å²) in [5.41, 5.74) is 0.387. The third kappa shape index (κ3) is 6.47. The summed E-state index contributed by atoms with van der Waals surface area (Å²) in [7, 11) is 5.79. The van der Waals surface area contributed by atoms with Crippen molar-refractivity contribution in [1.29, 1.82) is 0 Å². The zero-order valence-electron chi connectivity index (χ0n) is 18.1. The van der Waals surface area contributed by atoms with Crippen LogP contribution in [0.1, 0.15) is 45.1 Å². The van der Waals surface area contributed by atoms with Crippen LogP contribution >= 0.6 is 0 Å². The van der Waals surface area contributed by atoms with Crippen molar-refractivity contribution in [3.05, 3.63) is 29.8 Å². The lowest BCUT2D eigenvalue weighted by molar-refractivity contribution is -0.145. The quantitative estimate of drug-likeness (QED) is 0.538. The van der Waals surface area contributed by atoms with E-state index in [0.29, 0.717) is 38.2 Å². The zero-order chi connectivity index (χ0) is 21.8. The van der Waals surface area contributed by atoms with Gasteiger partial charge in [-0.05, 0) is 32.8 Å². The highest BCUT2D eigenvalue weighted by molar-refractivity contribution is 6.32. The maximum absolute atomic E-state index is 12.6. The number of esters is 1. The Kier molecular flexibility index (Phi) is 7.08. The van der Waals surface area contributed by atoms with E-state index in [1.807, 2.05) is 45.0 Å². The van der Waals surface area contributed by atoms with Crippen LogP contribution in [0.4, 0.5) is 4.79 Å². The number of amides is 1. The molecule has 1 aromatic carbocycles. The molecule has 7 nitrogen and oxygen atoms in total. The van der Waals surface area contributed by atoms with Crippen molar-refractivity contribution in [1.82, 2.24) is 10.2 Å². The number of alkyl carbamates (subject to hydrolysis) is 1. The van der Waals surface area contributed by atoms with Gasteiger partial charge in [0.2, 0.25) is 0 Å². The standard InChI is InChI=1S/C22H31BN2O5/c1-21(2,3)30-20(27)24-22(14-18(22)16-4-6-17(23)7-5-16)15-19(26)29-13-10-25-8-11-28-12-9-25/h4-7,18H,8-15H2,1-3H3,(H,24,27)/t18-,22+/m0/s1. The number of carbonyl (C=O) groups excluding carboxylic acids is 2. The first-order valence-corrected chi connectivity index (χ1v) is 10.5. The molecule has 0 unspecified atom stereocenters. The molecule has 0 bridgehead atoms. The molecule has 8 heteroatoms. The zero-order valence-corrected chi connectivity index (χ0v) is 18.1. The van der Waals surface area contributed by atoms with Crippen molar-refractivity contribution in [3.8, 4) is 0 Å². The van der Waals surface area contributed by atoms with Crippen molar-refractivity contribution in [2.24, 2.45) is 0 Å². The highest BCUT2D eigenvalue weighted by Gasteiger charge is 2.57. The summed E-state index contributed by atoms with van der Waals surface area (Å²) in [6.45, 7) is 9.55. The molecule has 2 radical (unpaired) electrons. The first-order valence-electron chi connectivity index (χ1n) is 10.5. The highest BCUT2D eigenvalue weighted by atomic mass is 16.6. The minimum atomic E-state index is -0.700. The maximum Gasteiger partial charge on any atom is 0.408 e. The topological polar surface area (TPSA) is 77.1 Å². The van der Waals surface area contributed by atoms with Crippen LogP contribution in [-0.4, -0.2) is 75.4 Å². The molecule has 1 aliphatic carbocycles. The molecule has 162 valence electrons. The Morgan fingerprint density at radius 2 is 1.90 bits per heavy atom. The van der Waals surface area contributed by atoms with Crippen LogP contribution in [0.25, 0.3) is 0 Å². The van der Waals surface area contributed by atoms with Gasteiger partial charge in [0.05, 0.1) is 25.2 Å². The predicted octanol–water partition coefficient (Wildman–Crippen LogP) is 1.50. The van der Waals surface area contributed by atoms with Gasteiger partial charge in [-0.15, -0.1) is 0 Å². The van der Waals surface area contributed by atoms with Gasteiger partial charge in [0.1, 0.15) is 20.1 Å². The number of hydrogen-bond donors (Lipinski definition) is 1. The lowest BCUT2D eigenvalue weighted by Crippen LogP contribution is -2.43. The second-order valence-corrected chi connectivity index (χ2v) is 9.06. The van der Waals surface area contributed by atoms with Gasteiger partial charge >= 0.3 is 12.1 Å². The molecule has 1 saturated carbocycles. The molecule has 2 aliphatic rings. The van der Waals surface area contributed by atoms with Crippen LogP contribution in [0.15, 0.2) is 24.3 Å². The van der Waals surface area contributed by atoms with Crippen molar-refractivity contribution >= 4 is 25.4 Å². The Morgan fingerprint density at radius 1 is 1.23 bits per heavy atom. The smallest absolute Gasteiger partial charge is 0.408 e. The van der Waals surface area contributed by atoms with Crippen LogP contribution in [-0.2, 0) is 19.0 Å². The Balaban J connectivity index is 1.59. The molecule has 1 aromatic rings. The summed E-state index contributed by atoms with van der Waals surface area (Å²) in [5, 5.41) is 2.94. The third-order valence-electron chi connectivity index (χ3n) is 5.40. The van der Waals surface area contributed by atoms with Crippen LogP contribution < -0.4 is 10.8 Å². The first-order chi connectivity index (χ1) is 14.2. The third-order valence-corrected chi connectivity index (χ3v) is 5.40. The number of ether oxygens (including phenoxy) is 3. The predicted molar refractivity (Wildman–Crippen MR) is 114 cm³/mol. The van der Waals surface area contributed by atoms with Crippen molar-refractivity contribution in [2.75, 3.05) is 39.5 Å². The second kappa shape index (κ2) is 9.39. The van der Waals surface area contributed by atoms with Gasteiger partial charge in [-0.3, -0.25) is 9.69 Å². The Hall–Kier alpha value is -2.06. The molecule has 1 heterocycles. The van der Waals surface area contributed by atoms with E-state index >= 15 is 0 Å². The summed E-state index contributed by atoms with van der Waals surface area (Å²) in [6, 6.07) is 7.52. The molecule has 1 aliphatic heterocycles. The molecule has 1 saturated heterocycles. The molecule has 30 heavy (non-hydrogen) atoms. The van der Waals surface area contributed by atoms with Crippen molar-refractivity contribution in [2.45, 2.75) is 50.7 Å². The van der Waals surface area contributed by atoms with E-state index in [2.05, 4.69) is 10.2 Å². The first kappa shape index (κ1) is 22.6. The fraction of sp³-hybridized carbons (Fsp3) is 0.636. The van der Waals surface area contributed by atoms with E-state index in [4.69, 9.17) is 22.1 Å². The molecule has 1 N–H and O–H groups in total. The normalized spacial score (nSPS) is 24.2. The largest absolute Gasteiger partial charge is 0.464 e. The fourth-order valence-corrected chi connectivity index (χ4v) is 3.78. The highest BCUT2D eigenvalue weighted by Crippen LogP contribution is 2.53. The Bertz CT molecular complexity index is 743. The van der Waals surface area contributed by atoms with Gasteiger partial charge in [0.25, 0.3) is 0 Å². The molecule has 0 spiro atoms. The maximum atomic E-state index is 12.6. The van der Waals surface area contributed by atoms with Gasteiger partial charge in [-0.2, -0.15) is 0 Å². The number of hydrogen-bond acceptors (Lipinski definition) is 6. The average molecular weight is 414 g/mol. The monoisotopic (exact) mass is 414 g/mol. The van der Waals surface area contributed by atoms with Gasteiger partial charge in [0, 0.05) is 25.6 Å². The number of morpholine rings is 1. The van der Waals surface area contributed by atoms with Gasteiger partial charge < -0.3 is 19.5 Å². The van der Waals surface area contributed by atoms with Crippen LogP contribution in [0.2, 0.25) is 0 Å². The van der Waals surface area contributed by atoms with E-state index in [-0.39, 0.29) is 18.3 Å². The number of benzene rings is 1. The van der Waals surface area contributed by atoms with E-state index in [1.54, 1.807) is 0 Å². The van der Waals surface area contributed by atoms with Gasteiger partial charge in [0.15, 0.2) is 0 Å². The Labute approximate surface area is 179 Å². The van der Waals surface area contributed by atoms with Crippen molar-refractivity contribution in [3.63, 3.8) is 0 Å². The van der Waals surface area contributed by atoms with Crippen molar-refractivity contribution < 1.29 is 23.8 Å². The number of nitrogens with zero attached hydrogens (tertiary/aromatic N) is 1. The lowest BCUT2D eigenvalue weighted by Gasteiger charge is -2.26. The summed E-state index contributed by atoms with van der Waals surface area (Å²) >= 11 is 0. The molecular weight excluding hydrogens is 383 g/mol. The second-order valence-electron chi connectivity index (χ2n) is 9.06. The summed E-state index contributed by atoms with van der Waals surface area (Å²) in [5.74, 6) is -0.310. The number of nitrogens with one attached hydrogen (secondary N) is 1. The fourth-order valence-electron chi connectivity index (χ4n) is 3.78. The number of carbonyl (C=O) groups is 2. The molecular formula is C22H31BN2O5. The summed E-state index contributed by atoms with van der Waals surface area (Å²) in [6.07, 6.45) is 0.223. The molecule has 1 amide bonds. The van der Waals surface area contributed by atoms with E-state index in [0.717, 1.165) is 18.7 Å². The van der Waals surface area contributed by atoms with E-state index in [1.165, 1.54) is 0 Å². The minimum Gasteiger partial charge on any atom is -0.464 e. The SMILES string of the molecule is [B]c1ccc([C@@H]2C[C@]2(CC(=O)OCCN2CCOCC2)NC(=O)OC(C)(C)C)cc1. The molecule has 3 rings (SSSR count). The molecule has 0 aromatic heterocycles. The minimum absolute atomic E-state index is 0.0115. The number of rotatable bonds is 7. The van der Waals surface area contributed by atoms with E-state index < -0.39 is 17.2 Å². The van der Waals surface area contributed by atoms with Gasteiger partial charge in [-0.25, -0.2) is 4.79 Å². The summed E-state index contributed by atoms with van der Waals surface area (Å²) < 4.78 is 16.2. The van der Waals surface area contributed by atoms with Crippen LogP contribution in [0.5, 0.6) is 0 Å². The van der Waals surface area contributed by atoms with Gasteiger partial charge in [-0.1, -0.05) is 29.7 Å². The Morgan fingerprint density at radius 3 is 2.53 bits per heavy atom.